The number of nitrogens with one attached hydrogen (secondary N) is 2. The molecule has 0 saturated heterocycles. The number of nitrogens with zero attached hydrogens (tertiary/aromatic N) is 3. The maximum atomic E-state index is 13.0. The molecule has 2 aromatic carbocycles. The van der Waals surface area contributed by atoms with Crippen LogP contribution in [-0.4, -0.2) is 19.0 Å². The highest BCUT2D eigenvalue weighted by molar-refractivity contribution is 7.92. The Kier molecular flexibility index (Phi) is 4.82. The first kappa shape index (κ1) is 19.4. The Morgan fingerprint density at radius 3 is 2.33 bits per heavy atom. The number of hydrogen-bond donors (Lipinski definition) is 2. The lowest BCUT2D eigenvalue weighted by molar-refractivity contribution is 0.674. The van der Waals surface area contributed by atoms with Crippen LogP contribution in [0.15, 0.2) is 87.5 Å². The second-order valence-electron chi connectivity index (χ2n) is 6.63. The van der Waals surface area contributed by atoms with Crippen molar-refractivity contribution in [3.63, 3.8) is 0 Å². The molecule has 0 unspecified atom stereocenters. The lowest BCUT2D eigenvalue weighted by Crippen LogP contribution is -2.17. The van der Waals surface area contributed by atoms with Crippen molar-refractivity contribution in [1.29, 1.82) is 4.78 Å². The summed E-state index contributed by atoms with van der Waals surface area (Å²) in [4.78, 5) is 21.3. The van der Waals surface area contributed by atoms with Gasteiger partial charge in [-0.15, -0.1) is 0 Å². The maximum absolute atomic E-state index is 13.0. The molecule has 8 heteroatoms. The van der Waals surface area contributed by atoms with Gasteiger partial charge in [0.05, 0.1) is 21.9 Å². The third-order valence-corrected chi connectivity index (χ3v) is 6.55. The van der Waals surface area contributed by atoms with E-state index in [1.54, 1.807) is 73.7 Å². The molecule has 0 radical (unpaired) electrons. The van der Waals surface area contributed by atoms with Crippen molar-refractivity contribution in [2.45, 2.75) is 16.7 Å². The normalized spacial score (nSPS) is 12.8. The first-order valence-electron chi connectivity index (χ1n) is 9.01. The number of aryl methyl sites for hydroxylation is 1. The second kappa shape index (κ2) is 7.46. The first-order valence-corrected chi connectivity index (χ1v) is 10.6. The number of benzene rings is 2. The van der Waals surface area contributed by atoms with E-state index in [-0.39, 0.29) is 10.5 Å². The van der Waals surface area contributed by atoms with Gasteiger partial charge in [0.2, 0.25) is 0 Å². The number of H-pyrrole nitrogens is 1. The zero-order valence-corrected chi connectivity index (χ0v) is 16.8. The lowest BCUT2D eigenvalue weighted by atomic mass is 10.1. The molecule has 30 heavy (non-hydrogen) atoms. The molecule has 0 spiro atoms. The van der Waals surface area contributed by atoms with Crippen molar-refractivity contribution in [3.8, 4) is 16.9 Å². The molecule has 1 atom stereocenters. The van der Waals surface area contributed by atoms with Crippen molar-refractivity contribution in [2.75, 3.05) is 0 Å². The number of rotatable bonds is 4. The zero-order chi connectivity index (χ0) is 21.3. The molecular formula is C22H17N5O2S. The summed E-state index contributed by atoms with van der Waals surface area (Å²) in [6, 6.07) is 18.5. The number of aromatic amines is 1. The summed E-state index contributed by atoms with van der Waals surface area (Å²) in [6.07, 6.45) is 1.37. The van der Waals surface area contributed by atoms with Gasteiger partial charge >= 0.3 is 0 Å². The highest BCUT2D eigenvalue weighted by atomic mass is 32.2. The number of pyridine rings is 1. The van der Waals surface area contributed by atoms with Gasteiger partial charge in [-0.1, -0.05) is 42.5 Å². The third kappa shape index (κ3) is 3.32. The fourth-order valence-corrected chi connectivity index (χ4v) is 4.45. The van der Waals surface area contributed by atoms with Crippen LogP contribution in [0.2, 0.25) is 0 Å². The van der Waals surface area contributed by atoms with E-state index < -0.39 is 9.73 Å². The molecule has 148 valence electrons. The van der Waals surface area contributed by atoms with E-state index in [2.05, 4.69) is 14.9 Å². The first-order chi connectivity index (χ1) is 14.4. The molecule has 4 aromatic rings. The molecule has 0 aliphatic rings. The van der Waals surface area contributed by atoms with Gasteiger partial charge in [-0.05, 0) is 36.8 Å². The van der Waals surface area contributed by atoms with Gasteiger partial charge in [0.25, 0.3) is 5.56 Å². The molecular weight excluding hydrogens is 398 g/mol. The predicted molar refractivity (Wildman–Crippen MR) is 114 cm³/mol. The van der Waals surface area contributed by atoms with E-state index in [0.29, 0.717) is 33.2 Å². The highest BCUT2D eigenvalue weighted by Crippen LogP contribution is 2.24. The lowest BCUT2D eigenvalue weighted by Gasteiger charge is -2.08. The molecule has 0 aliphatic carbocycles. The van der Waals surface area contributed by atoms with Gasteiger partial charge in [-0.25, -0.2) is 23.5 Å². The van der Waals surface area contributed by atoms with Crippen molar-refractivity contribution < 1.29 is 4.21 Å². The van der Waals surface area contributed by atoms with Crippen LogP contribution in [0.4, 0.5) is 5.69 Å². The smallest absolute Gasteiger partial charge is 0.280 e. The Morgan fingerprint density at radius 2 is 1.73 bits per heavy atom. The van der Waals surface area contributed by atoms with E-state index in [0.717, 1.165) is 0 Å². The SMILES string of the molecule is [C-]#[N+]c1ccc(-c2c(C)[nH]n(-c3ccc([S@@](=N)(=O)c4ccccc4)cn3)c2=O)cc1. The summed E-state index contributed by atoms with van der Waals surface area (Å²) in [7, 11) is -3.18. The van der Waals surface area contributed by atoms with Crippen LogP contribution in [0.25, 0.3) is 21.8 Å². The van der Waals surface area contributed by atoms with Crippen molar-refractivity contribution in [2.24, 2.45) is 0 Å². The molecule has 7 nitrogen and oxygen atoms in total. The van der Waals surface area contributed by atoms with Gasteiger partial charge < -0.3 is 0 Å². The van der Waals surface area contributed by atoms with Crippen LogP contribution in [0.3, 0.4) is 0 Å². The molecule has 2 N–H and O–H groups in total. The quantitative estimate of drug-likeness (QED) is 0.479. The van der Waals surface area contributed by atoms with E-state index in [9.17, 15) is 9.00 Å². The van der Waals surface area contributed by atoms with Gasteiger partial charge in [0.1, 0.15) is 9.73 Å². The molecule has 0 amide bonds. The summed E-state index contributed by atoms with van der Waals surface area (Å²) < 4.78 is 22.5. The van der Waals surface area contributed by atoms with Crippen LogP contribution in [0, 0.1) is 18.3 Å². The van der Waals surface area contributed by atoms with Crippen molar-refractivity contribution in [3.05, 3.63) is 100 Å². The molecule has 0 aliphatic heterocycles. The zero-order valence-electron chi connectivity index (χ0n) is 16.0. The minimum Gasteiger partial charge on any atom is -0.293 e. The van der Waals surface area contributed by atoms with Gasteiger partial charge in [-0.2, -0.15) is 0 Å². The molecule has 0 bridgehead atoms. The summed E-state index contributed by atoms with van der Waals surface area (Å²) in [5.74, 6) is 0.333. The Balaban J connectivity index is 1.72. The largest absolute Gasteiger partial charge is 0.293 e. The Bertz CT molecular complexity index is 1410. The Morgan fingerprint density at radius 1 is 1.03 bits per heavy atom. The van der Waals surface area contributed by atoms with Gasteiger partial charge in [-0.3, -0.25) is 9.89 Å². The fourth-order valence-electron chi connectivity index (χ4n) is 3.17. The van der Waals surface area contributed by atoms with E-state index in [1.807, 2.05) is 0 Å². The Labute approximate surface area is 173 Å². The van der Waals surface area contributed by atoms with Crippen LogP contribution >= 0.6 is 0 Å². The predicted octanol–water partition coefficient (Wildman–Crippen LogP) is 4.55. The van der Waals surface area contributed by atoms with Crippen molar-refractivity contribution >= 4 is 15.4 Å². The van der Waals surface area contributed by atoms with Crippen LogP contribution in [-0.2, 0) is 9.73 Å². The fraction of sp³-hybridized carbons (Fsp3) is 0.0455. The average Bonchev–Trinajstić information content (AvgIpc) is 3.08. The topological polar surface area (TPSA) is 96.0 Å². The molecule has 2 heterocycles. The van der Waals surface area contributed by atoms with Crippen LogP contribution < -0.4 is 5.56 Å². The minimum atomic E-state index is -3.18. The molecule has 4 rings (SSSR count). The van der Waals surface area contributed by atoms with E-state index in [1.165, 1.54) is 10.9 Å². The third-order valence-electron chi connectivity index (χ3n) is 4.71. The van der Waals surface area contributed by atoms with Gasteiger partial charge in [0.15, 0.2) is 11.5 Å². The summed E-state index contributed by atoms with van der Waals surface area (Å²) in [5, 5.41) is 3.01. The molecule has 0 fully saturated rings. The summed E-state index contributed by atoms with van der Waals surface area (Å²) >= 11 is 0. The van der Waals surface area contributed by atoms with Crippen molar-refractivity contribution in [1.82, 2.24) is 14.8 Å². The molecule has 2 aromatic heterocycles. The van der Waals surface area contributed by atoms with Gasteiger partial charge in [0, 0.05) is 11.9 Å². The standard InChI is InChI=1S/C22H17N5O2S/c1-15-21(16-8-10-17(24-2)11-9-16)22(28)27(26-15)20-13-12-19(14-25-20)30(23,29)18-6-4-3-5-7-18/h3-14,23,26H,1H3/t30-/m0/s1. The maximum Gasteiger partial charge on any atom is 0.280 e. The summed E-state index contributed by atoms with van der Waals surface area (Å²) in [5.41, 5.74) is 2.08. The minimum absolute atomic E-state index is 0.267. The second-order valence-corrected chi connectivity index (χ2v) is 8.69. The highest BCUT2D eigenvalue weighted by Gasteiger charge is 2.17. The van der Waals surface area contributed by atoms with Crippen LogP contribution in [0.5, 0.6) is 0 Å². The number of hydrogen-bond acceptors (Lipinski definition) is 4. The monoisotopic (exact) mass is 415 g/mol. The summed E-state index contributed by atoms with van der Waals surface area (Å²) in [6.45, 7) is 8.83. The van der Waals surface area contributed by atoms with E-state index in [4.69, 9.17) is 11.4 Å². The van der Waals surface area contributed by atoms with E-state index >= 15 is 0 Å². The Hall–Kier alpha value is -3.96. The average molecular weight is 415 g/mol. The number of aromatic nitrogens is 3. The van der Waals surface area contributed by atoms with Crippen LogP contribution in [0.1, 0.15) is 5.69 Å². The molecule has 0 saturated carbocycles.